The van der Waals surface area contributed by atoms with Crippen molar-refractivity contribution >= 4 is 59.1 Å². The van der Waals surface area contributed by atoms with E-state index in [9.17, 15) is 9.59 Å². The number of carbonyl (C=O) groups excluding carboxylic acids is 1. The van der Waals surface area contributed by atoms with Gasteiger partial charge >= 0.3 is 6.03 Å². The summed E-state index contributed by atoms with van der Waals surface area (Å²) in [4.78, 5) is 24.8. The number of hydrogen-bond donors (Lipinski definition) is 2. The molecule has 2 aromatic rings. The Morgan fingerprint density at radius 1 is 1.40 bits per heavy atom. The van der Waals surface area contributed by atoms with Gasteiger partial charge in [-0.05, 0) is 25.1 Å². The van der Waals surface area contributed by atoms with E-state index in [0.717, 1.165) is 20.4 Å². The van der Waals surface area contributed by atoms with Crippen LogP contribution in [0.3, 0.4) is 0 Å². The van der Waals surface area contributed by atoms with E-state index in [1.165, 1.54) is 6.07 Å². The molecule has 0 saturated heterocycles. The molecule has 0 aliphatic rings. The molecule has 4 nitrogen and oxygen atoms in total. The number of amides is 1. The van der Waals surface area contributed by atoms with Crippen molar-refractivity contribution in [2.75, 3.05) is 5.32 Å². The van der Waals surface area contributed by atoms with Crippen molar-refractivity contribution in [2.24, 2.45) is 0 Å². The van der Waals surface area contributed by atoms with Gasteiger partial charge in [-0.2, -0.15) is 16.6 Å². The number of aromatic nitrogens is 1. The van der Waals surface area contributed by atoms with E-state index in [0.29, 0.717) is 27.0 Å². The largest absolute Gasteiger partial charge is 0.342 e. The zero-order valence-corrected chi connectivity index (χ0v) is 13.5. The van der Waals surface area contributed by atoms with Gasteiger partial charge in [0.05, 0.1) is 10.0 Å². The Balaban J connectivity index is 2.28. The first kappa shape index (κ1) is 15.4. The molecule has 1 aromatic carbocycles. The number of hydrogen-bond acceptors (Lipinski definition) is 4. The standard InChI is InChI=1S/C12H10Cl2N2O2S2/c1-6-10(5-19)20-16(11(6)17)12(18)15-7-2-3-8(13)9(14)4-7/h2-4,19H,5H2,1H3,(H,15,18). The predicted molar refractivity (Wildman–Crippen MR) is 86.9 cm³/mol. The third-order valence-corrected chi connectivity index (χ3v) is 5.08. The van der Waals surface area contributed by atoms with Gasteiger partial charge in [-0.15, -0.1) is 0 Å². The van der Waals surface area contributed by atoms with Crippen LogP contribution in [0.2, 0.25) is 10.0 Å². The van der Waals surface area contributed by atoms with E-state index in [2.05, 4.69) is 17.9 Å². The molecule has 1 N–H and O–H groups in total. The number of carbonyl (C=O) groups is 1. The normalized spacial score (nSPS) is 10.6. The number of benzene rings is 1. The Morgan fingerprint density at radius 3 is 2.65 bits per heavy atom. The molecular weight excluding hydrogens is 339 g/mol. The molecule has 2 rings (SSSR count). The van der Waals surface area contributed by atoms with Gasteiger partial charge < -0.3 is 5.32 Å². The Kier molecular flexibility index (Phi) is 4.80. The zero-order valence-electron chi connectivity index (χ0n) is 10.3. The van der Waals surface area contributed by atoms with E-state index < -0.39 is 6.03 Å². The third kappa shape index (κ3) is 3.03. The van der Waals surface area contributed by atoms with Crippen LogP contribution in [-0.2, 0) is 5.75 Å². The van der Waals surface area contributed by atoms with Crippen molar-refractivity contribution in [1.82, 2.24) is 3.96 Å². The van der Waals surface area contributed by atoms with Crippen LogP contribution in [-0.4, -0.2) is 9.99 Å². The van der Waals surface area contributed by atoms with Crippen LogP contribution >= 0.6 is 47.4 Å². The van der Waals surface area contributed by atoms with Crippen molar-refractivity contribution < 1.29 is 4.79 Å². The molecule has 0 bridgehead atoms. The van der Waals surface area contributed by atoms with E-state index in [1.54, 1.807) is 19.1 Å². The fraction of sp³-hybridized carbons (Fsp3) is 0.167. The van der Waals surface area contributed by atoms with Crippen LogP contribution in [0.5, 0.6) is 0 Å². The zero-order chi connectivity index (χ0) is 14.9. The van der Waals surface area contributed by atoms with Crippen LogP contribution < -0.4 is 10.9 Å². The van der Waals surface area contributed by atoms with Crippen LogP contribution in [0.25, 0.3) is 0 Å². The van der Waals surface area contributed by atoms with E-state index in [1.807, 2.05) is 0 Å². The maximum absolute atomic E-state index is 12.1. The third-order valence-electron chi connectivity index (χ3n) is 2.62. The molecule has 20 heavy (non-hydrogen) atoms. The minimum atomic E-state index is -0.533. The fourth-order valence-electron chi connectivity index (χ4n) is 1.52. The van der Waals surface area contributed by atoms with Crippen molar-refractivity contribution in [1.29, 1.82) is 0 Å². The summed E-state index contributed by atoms with van der Waals surface area (Å²) in [6.45, 7) is 1.67. The van der Waals surface area contributed by atoms with Gasteiger partial charge in [0.25, 0.3) is 5.56 Å². The molecule has 8 heteroatoms. The fourth-order valence-corrected chi connectivity index (χ4v) is 3.08. The Bertz CT molecular complexity index is 725. The summed E-state index contributed by atoms with van der Waals surface area (Å²) in [5.41, 5.74) is 0.667. The average Bonchev–Trinajstić information content (AvgIpc) is 2.70. The van der Waals surface area contributed by atoms with E-state index >= 15 is 0 Å². The highest BCUT2D eigenvalue weighted by Crippen LogP contribution is 2.25. The molecule has 1 aromatic heterocycles. The van der Waals surface area contributed by atoms with Crippen molar-refractivity contribution in [3.63, 3.8) is 0 Å². The molecule has 0 fully saturated rings. The average molecular weight is 349 g/mol. The van der Waals surface area contributed by atoms with Gasteiger partial charge in [-0.25, -0.2) is 4.79 Å². The minimum absolute atomic E-state index is 0.329. The van der Waals surface area contributed by atoms with E-state index in [-0.39, 0.29) is 5.56 Å². The first-order chi connectivity index (χ1) is 9.43. The lowest BCUT2D eigenvalue weighted by atomic mass is 10.3. The molecule has 0 aliphatic heterocycles. The van der Waals surface area contributed by atoms with Gasteiger partial charge in [0, 0.05) is 21.9 Å². The summed E-state index contributed by atoms with van der Waals surface area (Å²) in [5.74, 6) is 0.415. The number of anilines is 1. The second-order valence-electron chi connectivity index (χ2n) is 3.96. The van der Waals surface area contributed by atoms with Gasteiger partial charge in [-0.3, -0.25) is 4.79 Å². The first-order valence-electron chi connectivity index (χ1n) is 5.53. The number of rotatable bonds is 2. The highest BCUT2D eigenvalue weighted by Gasteiger charge is 2.15. The molecule has 0 unspecified atom stereocenters. The molecule has 0 aliphatic carbocycles. The molecule has 1 amide bonds. The van der Waals surface area contributed by atoms with Crippen molar-refractivity contribution in [3.8, 4) is 0 Å². The monoisotopic (exact) mass is 348 g/mol. The Labute approximate surface area is 134 Å². The SMILES string of the molecule is Cc1c(CS)sn(C(=O)Nc2ccc(Cl)c(Cl)c2)c1=O. The lowest BCUT2D eigenvalue weighted by Gasteiger charge is -2.05. The predicted octanol–water partition coefficient (Wildman–Crippen LogP) is 4.04. The molecular formula is C12H10Cl2N2O2S2. The number of thiol groups is 1. The van der Waals surface area contributed by atoms with Crippen LogP contribution in [0.1, 0.15) is 10.4 Å². The van der Waals surface area contributed by atoms with Crippen molar-refractivity contribution in [3.05, 3.63) is 49.0 Å². The molecule has 0 atom stereocenters. The molecule has 0 radical (unpaired) electrons. The number of halogens is 2. The highest BCUT2D eigenvalue weighted by atomic mass is 35.5. The van der Waals surface area contributed by atoms with Gasteiger partial charge in [0.2, 0.25) is 0 Å². The Hall–Kier alpha value is -0.950. The maximum atomic E-state index is 12.1. The highest BCUT2D eigenvalue weighted by molar-refractivity contribution is 7.79. The Morgan fingerprint density at radius 2 is 2.10 bits per heavy atom. The number of nitrogens with zero attached hydrogens (tertiary/aromatic N) is 1. The summed E-state index contributed by atoms with van der Waals surface area (Å²) in [5, 5.41) is 3.32. The molecule has 106 valence electrons. The maximum Gasteiger partial charge on any atom is 0.342 e. The van der Waals surface area contributed by atoms with Crippen molar-refractivity contribution in [2.45, 2.75) is 12.7 Å². The molecule has 0 saturated carbocycles. The van der Waals surface area contributed by atoms with Gasteiger partial charge in [0.1, 0.15) is 0 Å². The quantitative estimate of drug-likeness (QED) is 0.804. The molecule has 0 spiro atoms. The summed E-state index contributed by atoms with van der Waals surface area (Å²) in [7, 11) is 0. The summed E-state index contributed by atoms with van der Waals surface area (Å²) < 4.78 is 1.06. The second-order valence-corrected chi connectivity index (χ2v) is 6.13. The van der Waals surface area contributed by atoms with Crippen LogP contribution in [0.15, 0.2) is 23.0 Å². The van der Waals surface area contributed by atoms with E-state index in [4.69, 9.17) is 23.2 Å². The molecule has 1 heterocycles. The number of nitrogens with one attached hydrogen (secondary N) is 1. The van der Waals surface area contributed by atoms with Crippen LogP contribution in [0.4, 0.5) is 10.5 Å². The first-order valence-corrected chi connectivity index (χ1v) is 7.69. The lowest BCUT2D eigenvalue weighted by molar-refractivity contribution is 0.254. The smallest absolute Gasteiger partial charge is 0.306 e. The topological polar surface area (TPSA) is 51.1 Å². The van der Waals surface area contributed by atoms with Gasteiger partial charge in [0.15, 0.2) is 0 Å². The summed E-state index contributed by atoms with van der Waals surface area (Å²) in [6.07, 6.45) is 0. The lowest BCUT2D eigenvalue weighted by Crippen LogP contribution is -2.27. The summed E-state index contributed by atoms with van der Waals surface area (Å²) in [6, 6.07) is 4.17. The second kappa shape index (κ2) is 6.22. The van der Waals surface area contributed by atoms with Crippen LogP contribution in [0, 0.1) is 6.92 Å². The van der Waals surface area contributed by atoms with Gasteiger partial charge in [-0.1, -0.05) is 34.7 Å². The summed E-state index contributed by atoms with van der Waals surface area (Å²) >= 11 is 16.9. The minimum Gasteiger partial charge on any atom is -0.306 e.